The van der Waals surface area contributed by atoms with E-state index in [-0.39, 0.29) is 28.8 Å². The lowest BCUT2D eigenvalue weighted by molar-refractivity contribution is -0.160. The Morgan fingerprint density at radius 2 is 1.82 bits per heavy atom. The molecule has 0 aliphatic heterocycles. The van der Waals surface area contributed by atoms with Crippen LogP contribution in [0.15, 0.2) is 0 Å². The Balaban J connectivity index is 1.56. The quantitative estimate of drug-likeness (QED) is 0.760. The van der Waals surface area contributed by atoms with E-state index in [1.807, 2.05) is 0 Å². The van der Waals surface area contributed by atoms with Crippen LogP contribution in [0, 0.1) is 46.3 Å². The molecule has 9 atom stereocenters. The van der Waals surface area contributed by atoms with Crippen LogP contribution in [-0.2, 0) is 9.59 Å². The third-order valence-corrected chi connectivity index (χ3v) is 10.0. The lowest BCUT2D eigenvalue weighted by Crippen LogP contribution is -2.57. The zero-order valence-electron chi connectivity index (χ0n) is 18.0. The van der Waals surface area contributed by atoms with E-state index in [1.54, 1.807) is 0 Å². The van der Waals surface area contributed by atoms with Crippen LogP contribution >= 0.6 is 0 Å². The topological polar surface area (TPSA) is 80.4 Å². The van der Waals surface area contributed by atoms with E-state index < -0.39 is 0 Å². The molecular weight excluding hydrogens is 350 g/mol. The van der Waals surface area contributed by atoms with Gasteiger partial charge in [0.25, 0.3) is 0 Å². The summed E-state index contributed by atoms with van der Waals surface area (Å²) in [5, 5.41) is 10.2. The second kappa shape index (κ2) is 7.11. The summed E-state index contributed by atoms with van der Waals surface area (Å²) >= 11 is 0. The fourth-order valence-corrected chi connectivity index (χ4v) is 8.46. The molecule has 28 heavy (non-hydrogen) atoms. The van der Waals surface area contributed by atoms with Crippen molar-refractivity contribution in [3.05, 3.63) is 0 Å². The number of carbonyl (C=O) groups is 2. The number of Topliss-reactive ketones (excluding diaryl/α,β-unsaturated/α-hetero) is 1. The van der Waals surface area contributed by atoms with Gasteiger partial charge < -0.3 is 10.8 Å². The number of ketones is 1. The molecule has 0 aromatic rings. The molecule has 4 heteroatoms. The lowest BCUT2D eigenvalue weighted by Gasteiger charge is -2.60. The highest BCUT2D eigenvalue weighted by molar-refractivity contribution is 5.83. The van der Waals surface area contributed by atoms with E-state index in [4.69, 9.17) is 5.73 Å². The first-order chi connectivity index (χ1) is 13.2. The van der Waals surface area contributed by atoms with Gasteiger partial charge in [0.15, 0.2) is 0 Å². The highest BCUT2D eigenvalue weighted by Gasteiger charge is 2.62. The van der Waals surface area contributed by atoms with Gasteiger partial charge in [-0.2, -0.15) is 0 Å². The lowest BCUT2D eigenvalue weighted by atomic mass is 9.44. The largest absolute Gasteiger partial charge is 0.393 e. The smallest absolute Gasteiger partial charge is 0.217 e. The summed E-state index contributed by atoms with van der Waals surface area (Å²) in [6.45, 7) is 7.16. The Labute approximate surface area is 170 Å². The zero-order chi connectivity index (χ0) is 20.3. The number of fused-ring (bicyclic) bond motifs is 5. The molecule has 0 saturated heterocycles. The van der Waals surface area contributed by atoms with Gasteiger partial charge in [0.05, 0.1) is 6.10 Å². The monoisotopic (exact) mass is 389 g/mol. The van der Waals surface area contributed by atoms with Gasteiger partial charge in [-0.3, -0.25) is 9.59 Å². The molecule has 0 radical (unpaired) electrons. The van der Waals surface area contributed by atoms with Gasteiger partial charge in [-0.1, -0.05) is 20.8 Å². The van der Waals surface area contributed by atoms with Crippen molar-refractivity contribution in [1.29, 1.82) is 0 Å². The Hall–Kier alpha value is -0.900. The van der Waals surface area contributed by atoms with Crippen molar-refractivity contribution in [2.24, 2.45) is 52.1 Å². The van der Waals surface area contributed by atoms with Gasteiger partial charge in [0.1, 0.15) is 5.78 Å². The van der Waals surface area contributed by atoms with Gasteiger partial charge in [-0.05, 0) is 91.8 Å². The van der Waals surface area contributed by atoms with E-state index >= 15 is 0 Å². The van der Waals surface area contributed by atoms with E-state index in [0.717, 1.165) is 32.1 Å². The van der Waals surface area contributed by atoms with Crippen LogP contribution in [0.3, 0.4) is 0 Å². The van der Waals surface area contributed by atoms with Crippen LogP contribution in [-0.4, -0.2) is 22.9 Å². The Morgan fingerprint density at radius 3 is 2.54 bits per heavy atom. The van der Waals surface area contributed by atoms with Gasteiger partial charge in [0, 0.05) is 18.8 Å². The number of hydrogen-bond acceptors (Lipinski definition) is 3. The predicted octanol–water partition coefficient (Wildman–Crippen LogP) is 4.09. The second-order valence-corrected chi connectivity index (χ2v) is 11.3. The molecule has 4 aliphatic carbocycles. The zero-order valence-corrected chi connectivity index (χ0v) is 18.0. The number of nitrogens with two attached hydrogens (primary N) is 1. The second-order valence-electron chi connectivity index (χ2n) is 11.3. The third-order valence-electron chi connectivity index (χ3n) is 10.0. The van der Waals surface area contributed by atoms with Gasteiger partial charge >= 0.3 is 0 Å². The van der Waals surface area contributed by atoms with Crippen molar-refractivity contribution in [2.45, 2.75) is 91.1 Å². The molecule has 4 nitrogen and oxygen atoms in total. The van der Waals surface area contributed by atoms with Crippen LogP contribution in [0.4, 0.5) is 0 Å². The van der Waals surface area contributed by atoms with E-state index in [0.29, 0.717) is 48.2 Å². The number of amides is 1. The van der Waals surface area contributed by atoms with E-state index in [9.17, 15) is 14.7 Å². The van der Waals surface area contributed by atoms with E-state index in [2.05, 4.69) is 20.8 Å². The first-order valence-corrected chi connectivity index (χ1v) is 11.7. The van der Waals surface area contributed by atoms with Crippen molar-refractivity contribution < 1.29 is 14.7 Å². The molecule has 4 fully saturated rings. The normalized spacial score (nSPS) is 49.1. The Kier molecular flexibility index (Phi) is 5.17. The van der Waals surface area contributed by atoms with Crippen molar-refractivity contribution in [3.63, 3.8) is 0 Å². The molecule has 1 amide bonds. The number of aliphatic hydroxyl groups excluding tert-OH is 1. The maximum atomic E-state index is 13.4. The van der Waals surface area contributed by atoms with Crippen molar-refractivity contribution >= 4 is 11.7 Å². The maximum absolute atomic E-state index is 13.4. The minimum absolute atomic E-state index is 0.198. The molecule has 4 aliphatic rings. The van der Waals surface area contributed by atoms with E-state index in [1.165, 1.54) is 19.3 Å². The standard InChI is InChI=1S/C24H39NO3/c1-14(4-7-21(25)28)17-5-6-18-22-19(9-11-24(17,18)3)23(2)10-8-16(26)12-15(23)13-20(22)27/h14-19,22,26H,4-13H2,1-3H3,(H2,25,28)/t14-,15+,16-,17-,18+,19+,22+,23+,24-/m1/s1. The fourth-order valence-electron chi connectivity index (χ4n) is 8.46. The highest BCUT2D eigenvalue weighted by Crippen LogP contribution is 2.67. The van der Waals surface area contributed by atoms with Crippen molar-refractivity contribution in [1.82, 2.24) is 0 Å². The minimum Gasteiger partial charge on any atom is -0.393 e. The highest BCUT2D eigenvalue weighted by atomic mass is 16.3. The first kappa shape index (κ1) is 20.4. The Morgan fingerprint density at radius 1 is 1.14 bits per heavy atom. The molecule has 0 bridgehead atoms. The molecule has 3 N–H and O–H groups in total. The van der Waals surface area contributed by atoms with Crippen molar-refractivity contribution in [3.8, 4) is 0 Å². The summed E-state index contributed by atoms with van der Waals surface area (Å²) in [5.41, 5.74) is 5.85. The summed E-state index contributed by atoms with van der Waals surface area (Å²) in [7, 11) is 0. The van der Waals surface area contributed by atoms with Gasteiger partial charge in [-0.15, -0.1) is 0 Å². The molecule has 0 unspecified atom stereocenters. The average molecular weight is 390 g/mol. The molecule has 0 heterocycles. The molecular formula is C24H39NO3. The number of rotatable bonds is 4. The number of primary amides is 1. The summed E-state index contributed by atoms with van der Waals surface area (Å²) in [5.74, 6) is 2.99. The molecule has 0 spiro atoms. The minimum atomic E-state index is -0.210. The molecule has 158 valence electrons. The predicted molar refractivity (Wildman–Crippen MR) is 109 cm³/mol. The SMILES string of the molecule is C[C@H](CCC(N)=O)[C@H]1CC[C@H]2[C@@H]3C(=O)C[C@@H]4C[C@H](O)CC[C@]4(C)[C@H]3CC[C@]12C. The molecule has 0 aromatic carbocycles. The van der Waals surface area contributed by atoms with Crippen LogP contribution in [0.2, 0.25) is 0 Å². The van der Waals surface area contributed by atoms with Gasteiger partial charge in [0.2, 0.25) is 5.91 Å². The molecule has 4 rings (SSSR count). The van der Waals surface area contributed by atoms with Crippen LogP contribution in [0.25, 0.3) is 0 Å². The summed E-state index contributed by atoms with van der Waals surface area (Å²) in [6, 6.07) is 0. The average Bonchev–Trinajstić information content (AvgIpc) is 2.98. The molecule has 4 saturated carbocycles. The first-order valence-electron chi connectivity index (χ1n) is 11.7. The third kappa shape index (κ3) is 3.05. The van der Waals surface area contributed by atoms with Crippen molar-refractivity contribution in [2.75, 3.05) is 0 Å². The fraction of sp³-hybridized carbons (Fsp3) is 0.917. The number of aliphatic hydroxyl groups is 1. The van der Waals surface area contributed by atoms with Gasteiger partial charge in [-0.25, -0.2) is 0 Å². The van der Waals surface area contributed by atoms with Crippen LogP contribution in [0.5, 0.6) is 0 Å². The summed E-state index contributed by atoms with van der Waals surface area (Å²) < 4.78 is 0. The summed E-state index contributed by atoms with van der Waals surface area (Å²) in [4.78, 5) is 24.6. The summed E-state index contributed by atoms with van der Waals surface area (Å²) in [6.07, 6.45) is 9.35. The number of carbonyl (C=O) groups excluding carboxylic acids is 2. The number of hydrogen-bond donors (Lipinski definition) is 2. The molecule has 0 aromatic heterocycles. The van der Waals surface area contributed by atoms with Crippen LogP contribution < -0.4 is 5.73 Å². The van der Waals surface area contributed by atoms with Crippen LogP contribution in [0.1, 0.15) is 85.0 Å². The Bertz CT molecular complexity index is 648. The maximum Gasteiger partial charge on any atom is 0.217 e.